The van der Waals surface area contributed by atoms with Crippen molar-refractivity contribution in [2.24, 2.45) is 0 Å². The number of piperidine rings is 1. The van der Waals surface area contributed by atoms with Crippen LogP contribution in [-0.4, -0.2) is 39.6 Å². The highest BCUT2D eigenvalue weighted by Gasteiger charge is 2.31. The Hall–Kier alpha value is -1.62. The first-order valence-corrected chi connectivity index (χ1v) is 6.13. The zero-order valence-electron chi connectivity index (χ0n) is 10.8. The van der Waals surface area contributed by atoms with Gasteiger partial charge in [-0.2, -0.15) is 0 Å². The van der Waals surface area contributed by atoms with Crippen molar-refractivity contribution in [3.05, 3.63) is 23.5 Å². The highest BCUT2D eigenvalue weighted by Crippen LogP contribution is 2.22. The van der Waals surface area contributed by atoms with Crippen LogP contribution in [0.2, 0.25) is 0 Å². The van der Waals surface area contributed by atoms with Crippen LogP contribution in [0.15, 0.2) is 12.3 Å². The van der Waals surface area contributed by atoms with Gasteiger partial charge in [0, 0.05) is 13.1 Å². The second kappa shape index (κ2) is 4.57. The van der Waals surface area contributed by atoms with Crippen molar-refractivity contribution < 1.29 is 9.90 Å². The summed E-state index contributed by atoms with van der Waals surface area (Å²) in [6.07, 6.45) is 3.08. The lowest BCUT2D eigenvalue weighted by atomic mass is 9.94. The second-order valence-corrected chi connectivity index (χ2v) is 5.23. The summed E-state index contributed by atoms with van der Waals surface area (Å²) in [6, 6.07) is 1.65. The molecule has 1 saturated heterocycles. The number of nitrogens with two attached hydrogens (primary N) is 1. The van der Waals surface area contributed by atoms with E-state index in [1.165, 1.54) is 0 Å². The number of carbonyl (C=O) groups excluding carboxylic acids is 1. The summed E-state index contributed by atoms with van der Waals surface area (Å²) in [5.74, 6) is -0.104. The largest absolute Gasteiger partial charge is 0.397 e. The molecule has 2 rings (SSSR count). The van der Waals surface area contributed by atoms with Crippen molar-refractivity contribution in [3.8, 4) is 0 Å². The third kappa shape index (κ3) is 2.61. The highest BCUT2D eigenvalue weighted by molar-refractivity contribution is 5.96. The molecule has 0 aliphatic carbocycles. The smallest absolute Gasteiger partial charge is 0.255 e. The minimum absolute atomic E-state index is 0.104. The van der Waals surface area contributed by atoms with Crippen LogP contribution in [0.25, 0.3) is 0 Å². The number of β-amino-alcohol motifs (C(OH)–C–C–N with tert-alkyl or cyclic N) is 1. The van der Waals surface area contributed by atoms with Gasteiger partial charge in [0.05, 0.1) is 28.7 Å². The summed E-state index contributed by atoms with van der Waals surface area (Å²) in [6.45, 7) is 4.58. The Morgan fingerprint density at radius 1 is 1.61 bits per heavy atom. The molecular weight excluding hydrogens is 230 g/mol. The molecule has 1 aromatic heterocycles. The number of aromatic nitrogens is 1. The predicted octanol–water partition coefficient (Wildman–Crippen LogP) is 0.959. The standard InChI is InChI=1S/C13H19N3O2/c1-9-11(6-10(14)7-15-9)12(17)16-5-3-4-13(2,18)8-16/h6-7,18H,3-5,8,14H2,1-2H3. The Balaban J connectivity index is 2.23. The third-order valence-corrected chi connectivity index (χ3v) is 3.30. The zero-order valence-corrected chi connectivity index (χ0v) is 10.8. The predicted molar refractivity (Wildman–Crippen MR) is 69.1 cm³/mol. The fraction of sp³-hybridized carbons (Fsp3) is 0.538. The summed E-state index contributed by atoms with van der Waals surface area (Å²) in [5, 5.41) is 10.0. The van der Waals surface area contributed by atoms with Crippen molar-refractivity contribution in [2.45, 2.75) is 32.3 Å². The summed E-state index contributed by atoms with van der Waals surface area (Å²) < 4.78 is 0. The van der Waals surface area contributed by atoms with E-state index in [9.17, 15) is 9.90 Å². The molecule has 0 spiro atoms. The third-order valence-electron chi connectivity index (χ3n) is 3.30. The van der Waals surface area contributed by atoms with E-state index in [4.69, 9.17) is 5.73 Å². The fourth-order valence-electron chi connectivity index (χ4n) is 2.33. The van der Waals surface area contributed by atoms with Crippen LogP contribution in [0.5, 0.6) is 0 Å². The Bertz CT molecular complexity index is 471. The molecule has 3 N–H and O–H groups in total. The summed E-state index contributed by atoms with van der Waals surface area (Å²) in [5.41, 5.74) is 6.54. The van der Waals surface area contributed by atoms with Crippen LogP contribution in [0.3, 0.4) is 0 Å². The van der Waals surface area contributed by atoms with Crippen LogP contribution < -0.4 is 5.73 Å². The maximum Gasteiger partial charge on any atom is 0.255 e. The number of anilines is 1. The number of nitrogen functional groups attached to an aromatic ring is 1. The van der Waals surface area contributed by atoms with Crippen LogP contribution in [0.1, 0.15) is 35.8 Å². The Morgan fingerprint density at radius 3 is 3.00 bits per heavy atom. The molecule has 1 unspecified atom stereocenters. The Labute approximate surface area is 107 Å². The minimum atomic E-state index is -0.796. The SMILES string of the molecule is Cc1ncc(N)cc1C(=O)N1CCCC(C)(O)C1. The quantitative estimate of drug-likeness (QED) is 0.777. The average molecular weight is 249 g/mol. The van der Waals surface area contributed by atoms with Gasteiger partial charge in [0.1, 0.15) is 0 Å². The zero-order chi connectivity index (χ0) is 13.3. The molecule has 1 amide bonds. The van der Waals surface area contributed by atoms with Crippen molar-refractivity contribution in [1.29, 1.82) is 0 Å². The van der Waals surface area contributed by atoms with Crippen LogP contribution in [-0.2, 0) is 0 Å². The maximum atomic E-state index is 12.4. The lowest BCUT2D eigenvalue weighted by Crippen LogP contribution is -2.48. The first-order chi connectivity index (χ1) is 8.39. The van der Waals surface area contributed by atoms with Gasteiger partial charge in [-0.3, -0.25) is 9.78 Å². The van der Waals surface area contributed by atoms with Gasteiger partial charge < -0.3 is 15.7 Å². The van der Waals surface area contributed by atoms with Gasteiger partial charge in [0.25, 0.3) is 5.91 Å². The molecule has 1 aromatic rings. The molecule has 1 aliphatic heterocycles. The van der Waals surface area contributed by atoms with E-state index < -0.39 is 5.60 Å². The topological polar surface area (TPSA) is 79.5 Å². The van der Waals surface area contributed by atoms with Gasteiger partial charge >= 0.3 is 0 Å². The van der Waals surface area contributed by atoms with Gasteiger partial charge in [0.15, 0.2) is 0 Å². The van der Waals surface area contributed by atoms with E-state index in [1.807, 2.05) is 0 Å². The molecule has 1 atom stereocenters. The molecule has 2 heterocycles. The molecule has 0 bridgehead atoms. The van der Waals surface area contributed by atoms with Gasteiger partial charge in [-0.25, -0.2) is 0 Å². The molecule has 0 radical (unpaired) electrons. The molecule has 5 nitrogen and oxygen atoms in total. The number of pyridine rings is 1. The van der Waals surface area contributed by atoms with E-state index in [0.29, 0.717) is 30.0 Å². The van der Waals surface area contributed by atoms with Crippen molar-refractivity contribution >= 4 is 11.6 Å². The number of amides is 1. The van der Waals surface area contributed by atoms with E-state index in [0.717, 1.165) is 12.8 Å². The molecule has 18 heavy (non-hydrogen) atoms. The minimum Gasteiger partial charge on any atom is -0.397 e. The average Bonchev–Trinajstić information content (AvgIpc) is 2.30. The van der Waals surface area contributed by atoms with E-state index >= 15 is 0 Å². The number of aryl methyl sites for hydroxylation is 1. The van der Waals surface area contributed by atoms with E-state index in [-0.39, 0.29) is 5.91 Å². The van der Waals surface area contributed by atoms with E-state index in [1.54, 1.807) is 31.0 Å². The van der Waals surface area contributed by atoms with Crippen molar-refractivity contribution in [3.63, 3.8) is 0 Å². The molecule has 0 saturated carbocycles. The summed E-state index contributed by atoms with van der Waals surface area (Å²) in [7, 11) is 0. The summed E-state index contributed by atoms with van der Waals surface area (Å²) >= 11 is 0. The van der Waals surface area contributed by atoms with Crippen LogP contribution in [0.4, 0.5) is 5.69 Å². The number of rotatable bonds is 1. The highest BCUT2D eigenvalue weighted by atomic mass is 16.3. The van der Waals surface area contributed by atoms with Crippen molar-refractivity contribution in [2.75, 3.05) is 18.8 Å². The molecule has 0 aromatic carbocycles. The fourth-order valence-corrected chi connectivity index (χ4v) is 2.33. The number of likely N-dealkylation sites (tertiary alicyclic amines) is 1. The molecule has 98 valence electrons. The number of nitrogens with zero attached hydrogens (tertiary/aromatic N) is 2. The molecular formula is C13H19N3O2. The Morgan fingerprint density at radius 2 is 2.33 bits per heavy atom. The summed E-state index contributed by atoms with van der Waals surface area (Å²) in [4.78, 5) is 18.1. The molecule has 1 aliphatic rings. The van der Waals surface area contributed by atoms with E-state index in [2.05, 4.69) is 4.98 Å². The molecule has 5 heteroatoms. The number of aliphatic hydroxyl groups is 1. The van der Waals surface area contributed by atoms with Gasteiger partial charge in [0.2, 0.25) is 0 Å². The monoisotopic (exact) mass is 249 g/mol. The number of hydrogen-bond acceptors (Lipinski definition) is 4. The second-order valence-electron chi connectivity index (χ2n) is 5.23. The molecule has 1 fully saturated rings. The van der Waals surface area contributed by atoms with Gasteiger partial charge in [-0.1, -0.05) is 0 Å². The maximum absolute atomic E-state index is 12.4. The first-order valence-electron chi connectivity index (χ1n) is 6.13. The lowest BCUT2D eigenvalue weighted by Gasteiger charge is -2.37. The first kappa shape index (κ1) is 12.8. The number of hydrogen-bond donors (Lipinski definition) is 2. The Kier molecular flexibility index (Phi) is 3.26. The van der Waals surface area contributed by atoms with Crippen LogP contribution >= 0.6 is 0 Å². The van der Waals surface area contributed by atoms with Gasteiger partial charge in [-0.05, 0) is 32.8 Å². The van der Waals surface area contributed by atoms with Gasteiger partial charge in [-0.15, -0.1) is 0 Å². The normalized spacial score (nSPS) is 24.1. The van der Waals surface area contributed by atoms with Crippen molar-refractivity contribution in [1.82, 2.24) is 9.88 Å². The number of carbonyl (C=O) groups is 1. The van der Waals surface area contributed by atoms with Crippen LogP contribution in [0, 0.1) is 6.92 Å². The lowest BCUT2D eigenvalue weighted by molar-refractivity contribution is -0.0107.